The summed E-state index contributed by atoms with van der Waals surface area (Å²) in [6.07, 6.45) is 0. The van der Waals surface area contributed by atoms with Crippen LogP contribution in [0.2, 0.25) is 10.0 Å². The van der Waals surface area contributed by atoms with Gasteiger partial charge in [-0.15, -0.1) is 0 Å². The van der Waals surface area contributed by atoms with Crippen LogP contribution in [0.4, 0.5) is 0 Å². The molecule has 0 amide bonds. The van der Waals surface area contributed by atoms with Crippen LogP contribution in [0, 0.1) is 6.92 Å². The Morgan fingerprint density at radius 1 is 1.10 bits per heavy atom. The van der Waals surface area contributed by atoms with Crippen molar-refractivity contribution >= 4 is 40.1 Å². The standard InChI is InChI=1S/C22H18Cl2N2O3/c1-3-28-22(27)19-8-13(2)26(25-19)12-16-10-18(24)9-15-11-20(29-21(15)16)14-4-6-17(23)7-5-14/h4-11H,3,12H2,1-2H3. The maximum atomic E-state index is 12.0. The normalized spacial score (nSPS) is 11.2. The first-order valence-corrected chi connectivity index (χ1v) is 9.89. The van der Waals surface area contributed by atoms with Crippen molar-refractivity contribution in [2.45, 2.75) is 20.4 Å². The summed E-state index contributed by atoms with van der Waals surface area (Å²) >= 11 is 12.3. The van der Waals surface area contributed by atoms with Gasteiger partial charge in [-0.25, -0.2) is 4.79 Å². The molecule has 0 atom stereocenters. The van der Waals surface area contributed by atoms with Gasteiger partial charge in [0, 0.05) is 32.3 Å². The van der Waals surface area contributed by atoms with Crippen molar-refractivity contribution in [2.24, 2.45) is 0 Å². The Hall–Kier alpha value is -2.76. The highest BCUT2D eigenvalue weighted by Gasteiger charge is 2.16. The van der Waals surface area contributed by atoms with Crippen LogP contribution in [0.3, 0.4) is 0 Å². The van der Waals surface area contributed by atoms with Gasteiger partial charge in [-0.1, -0.05) is 23.2 Å². The monoisotopic (exact) mass is 428 g/mol. The summed E-state index contributed by atoms with van der Waals surface area (Å²) < 4.78 is 12.9. The Kier molecular flexibility index (Phi) is 5.35. The van der Waals surface area contributed by atoms with Crippen LogP contribution < -0.4 is 0 Å². The van der Waals surface area contributed by atoms with Gasteiger partial charge < -0.3 is 9.15 Å². The SMILES string of the molecule is CCOC(=O)c1cc(C)n(Cc2cc(Cl)cc3cc(-c4ccc(Cl)cc4)oc23)n1. The first-order valence-electron chi connectivity index (χ1n) is 9.14. The van der Waals surface area contributed by atoms with Crippen molar-refractivity contribution in [1.82, 2.24) is 9.78 Å². The topological polar surface area (TPSA) is 57.3 Å². The summed E-state index contributed by atoms with van der Waals surface area (Å²) in [7, 11) is 0. The highest BCUT2D eigenvalue weighted by atomic mass is 35.5. The Labute approximate surface area is 177 Å². The van der Waals surface area contributed by atoms with E-state index in [9.17, 15) is 4.79 Å². The van der Waals surface area contributed by atoms with Gasteiger partial charge in [0.05, 0.1) is 13.2 Å². The molecule has 0 aliphatic rings. The first kappa shape index (κ1) is 19.6. The third-order valence-electron chi connectivity index (χ3n) is 4.57. The minimum absolute atomic E-state index is 0.281. The molecule has 29 heavy (non-hydrogen) atoms. The third-order valence-corrected chi connectivity index (χ3v) is 5.04. The van der Waals surface area contributed by atoms with E-state index in [1.54, 1.807) is 17.7 Å². The Bertz CT molecular complexity index is 1190. The zero-order chi connectivity index (χ0) is 20.5. The summed E-state index contributed by atoms with van der Waals surface area (Å²) in [5, 5.41) is 6.54. The van der Waals surface area contributed by atoms with Crippen LogP contribution in [0.25, 0.3) is 22.3 Å². The van der Waals surface area contributed by atoms with E-state index in [2.05, 4.69) is 5.10 Å². The summed E-state index contributed by atoms with van der Waals surface area (Å²) in [5.74, 6) is 0.290. The number of halogens is 2. The van der Waals surface area contributed by atoms with Crippen LogP contribution >= 0.6 is 23.2 Å². The first-order chi connectivity index (χ1) is 13.9. The number of benzene rings is 2. The lowest BCUT2D eigenvalue weighted by Crippen LogP contribution is -2.08. The average molecular weight is 429 g/mol. The number of aromatic nitrogens is 2. The molecule has 2 aromatic heterocycles. The molecule has 4 aromatic rings. The Balaban J connectivity index is 1.72. The van der Waals surface area contributed by atoms with Gasteiger partial charge in [0.25, 0.3) is 0 Å². The number of furan rings is 1. The summed E-state index contributed by atoms with van der Waals surface area (Å²) in [4.78, 5) is 12.0. The van der Waals surface area contributed by atoms with Crippen molar-refractivity contribution in [2.75, 3.05) is 6.61 Å². The van der Waals surface area contributed by atoms with Gasteiger partial charge >= 0.3 is 5.97 Å². The summed E-state index contributed by atoms with van der Waals surface area (Å²) in [5.41, 5.74) is 3.64. The van der Waals surface area contributed by atoms with Crippen molar-refractivity contribution in [3.05, 3.63) is 75.5 Å². The molecule has 2 heterocycles. The minimum Gasteiger partial charge on any atom is -0.461 e. The lowest BCUT2D eigenvalue weighted by atomic mass is 10.1. The van der Waals surface area contributed by atoms with E-state index in [0.717, 1.165) is 33.6 Å². The number of carbonyl (C=O) groups excluding carboxylic acids is 1. The van der Waals surface area contributed by atoms with E-state index in [4.69, 9.17) is 32.4 Å². The number of hydrogen-bond donors (Lipinski definition) is 0. The van der Waals surface area contributed by atoms with Crippen molar-refractivity contribution in [3.63, 3.8) is 0 Å². The largest absolute Gasteiger partial charge is 0.461 e. The molecule has 0 spiro atoms. The van der Waals surface area contributed by atoms with Gasteiger partial charge in [-0.2, -0.15) is 5.10 Å². The smallest absolute Gasteiger partial charge is 0.358 e. The molecule has 0 radical (unpaired) electrons. The molecule has 0 saturated carbocycles. The Morgan fingerprint density at radius 2 is 1.86 bits per heavy atom. The molecule has 2 aromatic carbocycles. The van der Waals surface area contributed by atoms with Crippen LogP contribution in [0.15, 0.2) is 52.9 Å². The molecular weight excluding hydrogens is 411 g/mol. The molecule has 0 unspecified atom stereocenters. The fraction of sp³-hybridized carbons (Fsp3) is 0.182. The maximum absolute atomic E-state index is 12.0. The number of esters is 1. The molecule has 0 fully saturated rings. The van der Waals surface area contributed by atoms with Crippen LogP contribution in [0.5, 0.6) is 0 Å². The van der Waals surface area contributed by atoms with Crippen molar-refractivity contribution in [3.8, 4) is 11.3 Å². The molecular formula is C22H18Cl2N2O3. The van der Waals surface area contributed by atoms with E-state index in [-0.39, 0.29) is 5.69 Å². The highest BCUT2D eigenvalue weighted by molar-refractivity contribution is 6.31. The fourth-order valence-corrected chi connectivity index (χ4v) is 3.57. The molecule has 0 bridgehead atoms. The number of nitrogens with zero attached hydrogens (tertiary/aromatic N) is 2. The van der Waals surface area contributed by atoms with Crippen molar-refractivity contribution < 1.29 is 13.9 Å². The quantitative estimate of drug-likeness (QED) is 0.358. The molecule has 0 saturated heterocycles. The molecule has 5 nitrogen and oxygen atoms in total. The van der Waals surface area contributed by atoms with Gasteiger partial charge in [0.1, 0.15) is 11.3 Å². The Morgan fingerprint density at radius 3 is 2.59 bits per heavy atom. The average Bonchev–Trinajstić information content (AvgIpc) is 3.26. The second-order valence-corrected chi connectivity index (χ2v) is 7.52. The van der Waals surface area contributed by atoms with E-state index in [1.807, 2.05) is 49.4 Å². The molecule has 4 rings (SSSR count). The molecule has 0 N–H and O–H groups in total. The van der Waals surface area contributed by atoms with Crippen molar-refractivity contribution in [1.29, 1.82) is 0 Å². The number of hydrogen-bond acceptors (Lipinski definition) is 4. The van der Waals surface area contributed by atoms with E-state index in [0.29, 0.717) is 23.2 Å². The van der Waals surface area contributed by atoms with E-state index >= 15 is 0 Å². The zero-order valence-electron chi connectivity index (χ0n) is 15.9. The third kappa shape index (κ3) is 4.02. The lowest BCUT2D eigenvalue weighted by Gasteiger charge is -2.06. The molecule has 7 heteroatoms. The van der Waals surface area contributed by atoms with Gasteiger partial charge in [-0.3, -0.25) is 4.68 Å². The predicted octanol–water partition coefficient (Wildman–Crippen LogP) is 6.14. The number of fused-ring (bicyclic) bond motifs is 1. The van der Waals surface area contributed by atoms with Gasteiger partial charge in [0.2, 0.25) is 0 Å². The van der Waals surface area contributed by atoms with Crippen LogP contribution in [0.1, 0.15) is 28.7 Å². The second-order valence-electron chi connectivity index (χ2n) is 6.65. The molecule has 0 aliphatic carbocycles. The number of rotatable bonds is 5. The second kappa shape index (κ2) is 7.93. The highest BCUT2D eigenvalue weighted by Crippen LogP contribution is 2.33. The molecule has 0 aliphatic heterocycles. The number of aryl methyl sites for hydroxylation is 1. The minimum atomic E-state index is -0.436. The number of carbonyl (C=O) groups is 1. The van der Waals surface area contributed by atoms with Gasteiger partial charge in [-0.05, 0) is 62.4 Å². The fourth-order valence-electron chi connectivity index (χ4n) is 3.20. The van der Waals surface area contributed by atoms with Gasteiger partial charge in [0.15, 0.2) is 5.69 Å². The summed E-state index contributed by atoms with van der Waals surface area (Å²) in [6.45, 7) is 4.37. The predicted molar refractivity (Wildman–Crippen MR) is 114 cm³/mol. The summed E-state index contributed by atoms with van der Waals surface area (Å²) in [6, 6.07) is 14.8. The number of ether oxygens (including phenoxy) is 1. The van der Waals surface area contributed by atoms with E-state index in [1.165, 1.54) is 0 Å². The van der Waals surface area contributed by atoms with Crippen LogP contribution in [-0.4, -0.2) is 22.4 Å². The maximum Gasteiger partial charge on any atom is 0.358 e. The van der Waals surface area contributed by atoms with E-state index < -0.39 is 5.97 Å². The van der Waals surface area contributed by atoms with Crippen LogP contribution in [-0.2, 0) is 11.3 Å². The molecule has 148 valence electrons. The lowest BCUT2D eigenvalue weighted by molar-refractivity contribution is 0.0518. The zero-order valence-corrected chi connectivity index (χ0v) is 17.4.